The predicted molar refractivity (Wildman–Crippen MR) is 104 cm³/mol. The molecule has 0 radical (unpaired) electrons. The average Bonchev–Trinajstić information content (AvgIpc) is 3.20. The summed E-state index contributed by atoms with van der Waals surface area (Å²) in [5.74, 6) is 5.70. The van der Waals surface area contributed by atoms with Gasteiger partial charge in [-0.1, -0.05) is 0 Å². The monoisotopic (exact) mass is 482 g/mol. The van der Waals surface area contributed by atoms with Gasteiger partial charge in [-0.05, 0) is 0 Å². The normalized spacial score (nSPS) is 43.8. The fraction of sp³-hybridized carbons (Fsp3) is 0.667. The van der Waals surface area contributed by atoms with Gasteiger partial charge in [-0.3, -0.25) is 0 Å². The van der Waals surface area contributed by atoms with Crippen molar-refractivity contribution in [3.63, 3.8) is 0 Å². The topological polar surface area (TPSA) is 0 Å². The second-order valence-corrected chi connectivity index (χ2v) is 21.4. The van der Waals surface area contributed by atoms with Crippen LogP contribution in [0.4, 0.5) is 0 Å². The van der Waals surface area contributed by atoms with E-state index in [1.165, 1.54) is 25.7 Å². The minimum Gasteiger partial charge on any atom is -1.00 e. The molecule has 4 aliphatic carbocycles. The molecule has 1 saturated heterocycles. The summed E-state index contributed by atoms with van der Waals surface area (Å²) >= 11 is -2.06. The molecule has 0 nitrogen and oxygen atoms in total. The van der Waals surface area contributed by atoms with Gasteiger partial charge in [-0.15, -0.1) is 0 Å². The van der Waals surface area contributed by atoms with Gasteiger partial charge in [0.05, 0.1) is 0 Å². The second kappa shape index (κ2) is 8.65. The van der Waals surface area contributed by atoms with Crippen LogP contribution in [0.1, 0.15) is 39.5 Å². The number of fused-ring (bicyclic) bond motifs is 2. The van der Waals surface area contributed by atoms with E-state index in [1.54, 1.807) is 8.26 Å². The van der Waals surface area contributed by atoms with Gasteiger partial charge in [-0.2, -0.15) is 0 Å². The van der Waals surface area contributed by atoms with Crippen LogP contribution in [0.2, 0.25) is 15.5 Å². The van der Waals surface area contributed by atoms with E-state index in [-0.39, 0.29) is 24.8 Å². The van der Waals surface area contributed by atoms with Crippen molar-refractivity contribution in [3.05, 3.63) is 48.6 Å². The number of hydrogen-bond donors (Lipinski definition) is 0. The summed E-state index contributed by atoms with van der Waals surface area (Å²) in [5.41, 5.74) is 0. The Bertz CT molecular complexity index is 593. The maximum absolute atomic E-state index is 2.64. The first-order valence-electron chi connectivity index (χ1n) is 11.0. The van der Waals surface area contributed by atoms with Gasteiger partial charge in [0.1, 0.15) is 0 Å². The van der Waals surface area contributed by atoms with Crippen molar-refractivity contribution in [2.24, 2.45) is 35.5 Å². The molecular weight excluding hydrogens is 450 g/mol. The molecule has 2 saturated carbocycles. The fourth-order valence-corrected chi connectivity index (χ4v) is 29.0. The third kappa shape index (κ3) is 3.47. The van der Waals surface area contributed by atoms with Crippen LogP contribution in [0.15, 0.2) is 48.6 Å². The van der Waals surface area contributed by atoms with Crippen LogP contribution in [0, 0.1) is 35.5 Å². The van der Waals surface area contributed by atoms with Crippen molar-refractivity contribution < 1.29 is 45.1 Å². The minimum atomic E-state index is -2.06. The van der Waals surface area contributed by atoms with Gasteiger partial charge in [0.15, 0.2) is 0 Å². The summed E-state index contributed by atoms with van der Waals surface area (Å²) in [5, 5.41) is 0. The van der Waals surface area contributed by atoms with Crippen LogP contribution < -0.4 is 24.8 Å². The van der Waals surface area contributed by atoms with Gasteiger partial charge in [0.25, 0.3) is 0 Å². The van der Waals surface area contributed by atoms with Crippen LogP contribution in [0.3, 0.4) is 0 Å². The Morgan fingerprint density at radius 1 is 0.667 bits per heavy atom. The molecule has 1 aliphatic heterocycles. The molecule has 8 atom stereocenters. The van der Waals surface area contributed by atoms with E-state index in [0.717, 1.165) is 42.8 Å². The molecule has 0 bridgehead atoms. The molecule has 5 aliphatic rings. The zero-order valence-electron chi connectivity index (χ0n) is 16.7. The molecule has 1 heterocycles. The van der Waals surface area contributed by atoms with Crippen molar-refractivity contribution in [1.29, 1.82) is 0 Å². The van der Waals surface area contributed by atoms with Gasteiger partial charge in [0, 0.05) is 0 Å². The van der Waals surface area contributed by atoms with Crippen LogP contribution in [-0.2, 0) is 20.3 Å². The Kier molecular flexibility index (Phi) is 7.09. The number of halogens is 2. The van der Waals surface area contributed by atoms with Gasteiger partial charge in [0.2, 0.25) is 0 Å². The van der Waals surface area contributed by atoms with Crippen LogP contribution in [0.25, 0.3) is 0 Å². The fourth-order valence-electron chi connectivity index (χ4n) is 7.78. The summed E-state index contributed by atoms with van der Waals surface area (Å²) in [6.45, 7) is 4.98. The van der Waals surface area contributed by atoms with Crippen molar-refractivity contribution in [1.82, 2.24) is 0 Å². The van der Waals surface area contributed by atoms with E-state index in [0.29, 0.717) is 0 Å². The van der Waals surface area contributed by atoms with Gasteiger partial charge < -0.3 is 24.8 Å². The van der Waals surface area contributed by atoms with Crippen molar-refractivity contribution >= 4 is 0 Å². The average molecular weight is 485 g/mol. The van der Waals surface area contributed by atoms with Crippen molar-refractivity contribution in [3.8, 4) is 0 Å². The van der Waals surface area contributed by atoms with E-state index in [9.17, 15) is 0 Å². The Balaban J connectivity index is 0.00000105. The van der Waals surface area contributed by atoms with Crippen LogP contribution >= 0.6 is 0 Å². The SMILES string of the molecule is CCC1CC2C=CC=CC2[CH]1[Zr+2]1([CH]2C(CC)CC3C=CC=CC32)[CH2][CH2]1.[Cl-].[Cl-]. The van der Waals surface area contributed by atoms with Gasteiger partial charge in [-0.25, -0.2) is 0 Å². The van der Waals surface area contributed by atoms with E-state index in [4.69, 9.17) is 0 Å². The Labute approximate surface area is 183 Å². The number of rotatable bonds is 4. The quantitative estimate of drug-likeness (QED) is 0.562. The molecule has 0 aromatic rings. The molecule has 0 spiro atoms. The summed E-state index contributed by atoms with van der Waals surface area (Å²) in [4.78, 5) is 0. The molecular formula is C24H34Cl2Zr. The number of hydrogen-bond acceptors (Lipinski definition) is 0. The minimum absolute atomic E-state index is 0. The molecule has 0 N–H and O–H groups in total. The Morgan fingerprint density at radius 2 is 1.07 bits per heavy atom. The molecule has 0 aromatic heterocycles. The smallest absolute Gasteiger partial charge is 1.00 e. The Morgan fingerprint density at radius 3 is 1.44 bits per heavy atom. The van der Waals surface area contributed by atoms with Crippen LogP contribution in [0.5, 0.6) is 0 Å². The molecule has 5 rings (SSSR count). The van der Waals surface area contributed by atoms with E-state index in [2.05, 4.69) is 62.5 Å². The van der Waals surface area contributed by atoms with E-state index < -0.39 is 20.3 Å². The first-order chi connectivity index (χ1) is 12.3. The first kappa shape index (κ1) is 22.1. The summed E-state index contributed by atoms with van der Waals surface area (Å²) in [7, 11) is 0. The molecule has 148 valence electrons. The molecule has 0 aromatic carbocycles. The van der Waals surface area contributed by atoms with Crippen LogP contribution in [-0.4, -0.2) is 0 Å². The largest absolute Gasteiger partial charge is 1.00 e. The molecule has 8 unspecified atom stereocenters. The van der Waals surface area contributed by atoms with E-state index in [1.807, 2.05) is 0 Å². The van der Waals surface area contributed by atoms with E-state index >= 15 is 0 Å². The third-order valence-corrected chi connectivity index (χ3v) is 23.6. The molecule has 3 heteroatoms. The molecule has 27 heavy (non-hydrogen) atoms. The standard InChI is InChI=1S/2C11H15.C2H4.2ClH.Zr/c2*1-2-9-7-10-5-3-4-6-11(10)8-9;1-2;;;/h2*3-7,9-11H,2,8H2,1H3;1-2H2;2*1H;/q;;;;;+2/p-2. The van der Waals surface area contributed by atoms with Crippen molar-refractivity contribution in [2.45, 2.75) is 55.0 Å². The summed E-state index contributed by atoms with van der Waals surface area (Å²) in [6.07, 6.45) is 25.7. The second-order valence-electron chi connectivity index (χ2n) is 9.61. The summed E-state index contributed by atoms with van der Waals surface area (Å²) < 4.78 is 5.75. The zero-order chi connectivity index (χ0) is 17.0. The van der Waals surface area contributed by atoms with Crippen molar-refractivity contribution in [2.75, 3.05) is 0 Å². The van der Waals surface area contributed by atoms with Gasteiger partial charge >= 0.3 is 159 Å². The molecule has 0 amide bonds. The molecule has 3 fully saturated rings. The maximum Gasteiger partial charge on any atom is -1.00 e. The zero-order valence-corrected chi connectivity index (χ0v) is 20.7. The Hall–Kier alpha value is 0.423. The third-order valence-electron chi connectivity index (χ3n) is 8.79. The summed E-state index contributed by atoms with van der Waals surface area (Å²) in [6, 6.07) is 0. The predicted octanol–water partition coefficient (Wildman–Crippen LogP) is 1.15. The first-order valence-corrected chi connectivity index (χ1v) is 17.3. The number of allylic oxidation sites excluding steroid dienone is 8. The maximum atomic E-state index is 2.64.